The Morgan fingerprint density at radius 3 is 2.45 bits per heavy atom. The molecule has 1 unspecified atom stereocenters. The summed E-state index contributed by atoms with van der Waals surface area (Å²) >= 11 is 0. The van der Waals surface area contributed by atoms with Crippen molar-refractivity contribution in [1.82, 2.24) is 5.32 Å². The number of benzene rings is 1. The summed E-state index contributed by atoms with van der Waals surface area (Å²) in [5, 5.41) is 2.96. The number of hydrogen-bond donors (Lipinski definition) is 2. The number of nitrogens with two attached hydrogens (primary N) is 1. The Bertz CT molecular complexity index is 483. The average molecular weight is 299 g/mol. The molecule has 2 aliphatic rings. The van der Waals surface area contributed by atoms with E-state index in [1.807, 2.05) is 0 Å². The topological polar surface area (TPSA) is 55.1 Å². The predicted molar refractivity (Wildman–Crippen MR) is 78.3 cm³/mol. The number of carbonyl (C=O) groups is 1. The molecule has 3 N–H and O–H groups in total. The van der Waals surface area contributed by atoms with Crippen LogP contribution in [0.25, 0.3) is 0 Å². The van der Waals surface area contributed by atoms with Crippen molar-refractivity contribution >= 4 is 18.3 Å². The molecule has 3 rings (SSSR count). The van der Waals surface area contributed by atoms with Crippen LogP contribution < -0.4 is 11.1 Å². The lowest BCUT2D eigenvalue weighted by molar-refractivity contribution is -0.123. The van der Waals surface area contributed by atoms with Crippen LogP contribution in [-0.4, -0.2) is 18.5 Å². The lowest BCUT2D eigenvalue weighted by Gasteiger charge is -2.18. The lowest BCUT2D eigenvalue weighted by atomic mass is 9.95. The van der Waals surface area contributed by atoms with Gasteiger partial charge >= 0.3 is 0 Å². The van der Waals surface area contributed by atoms with E-state index in [1.54, 1.807) is 12.1 Å². The third-order valence-electron chi connectivity index (χ3n) is 4.31. The number of rotatable bonds is 5. The van der Waals surface area contributed by atoms with Gasteiger partial charge in [0.1, 0.15) is 5.82 Å². The summed E-state index contributed by atoms with van der Waals surface area (Å²) in [7, 11) is 0. The highest BCUT2D eigenvalue weighted by Gasteiger charge is 2.51. The van der Waals surface area contributed by atoms with Crippen molar-refractivity contribution in [3.63, 3.8) is 0 Å². The molecule has 0 saturated heterocycles. The maximum atomic E-state index is 12.9. The predicted octanol–water partition coefficient (Wildman–Crippen LogP) is 2.13. The van der Waals surface area contributed by atoms with E-state index < -0.39 is 5.41 Å². The maximum absolute atomic E-state index is 12.9. The van der Waals surface area contributed by atoms with Crippen molar-refractivity contribution in [2.75, 3.05) is 6.54 Å². The first kappa shape index (κ1) is 15.3. The van der Waals surface area contributed by atoms with Crippen molar-refractivity contribution in [2.24, 2.45) is 11.7 Å². The molecule has 1 amide bonds. The molecule has 2 saturated carbocycles. The first-order chi connectivity index (χ1) is 9.12. The minimum Gasteiger partial charge on any atom is -0.354 e. The van der Waals surface area contributed by atoms with Gasteiger partial charge in [-0.2, -0.15) is 0 Å². The molecule has 0 bridgehead atoms. The van der Waals surface area contributed by atoms with Gasteiger partial charge in [-0.25, -0.2) is 4.39 Å². The quantitative estimate of drug-likeness (QED) is 0.875. The molecule has 2 fully saturated rings. The van der Waals surface area contributed by atoms with E-state index in [0.29, 0.717) is 12.5 Å². The van der Waals surface area contributed by atoms with Crippen LogP contribution in [0.1, 0.15) is 31.2 Å². The Morgan fingerprint density at radius 2 is 1.95 bits per heavy atom. The molecule has 0 heterocycles. The van der Waals surface area contributed by atoms with Gasteiger partial charge < -0.3 is 11.1 Å². The fourth-order valence-corrected chi connectivity index (χ4v) is 2.61. The van der Waals surface area contributed by atoms with Gasteiger partial charge in [-0.3, -0.25) is 4.79 Å². The van der Waals surface area contributed by atoms with E-state index in [2.05, 4.69) is 5.32 Å². The molecule has 0 spiro atoms. The highest BCUT2D eigenvalue weighted by Crippen LogP contribution is 2.48. The van der Waals surface area contributed by atoms with Crippen LogP contribution in [0.5, 0.6) is 0 Å². The normalized spacial score (nSPS) is 20.7. The van der Waals surface area contributed by atoms with E-state index >= 15 is 0 Å². The first-order valence-electron chi connectivity index (χ1n) is 6.92. The van der Waals surface area contributed by atoms with Crippen molar-refractivity contribution in [2.45, 2.75) is 37.1 Å². The van der Waals surface area contributed by atoms with Gasteiger partial charge in [0, 0.05) is 12.6 Å². The van der Waals surface area contributed by atoms with Gasteiger partial charge in [-0.15, -0.1) is 12.4 Å². The summed E-state index contributed by atoms with van der Waals surface area (Å²) in [5.41, 5.74) is 6.46. The SMILES string of the molecule is Cl.NC(CNC(=O)C1(c2ccc(F)cc2)CC1)C1CC1. The van der Waals surface area contributed by atoms with Crippen LogP contribution in [0, 0.1) is 11.7 Å². The Labute approximate surface area is 124 Å². The van der Waals surface area contributed by atoms with Crippen LogP contribution >= 0.6 is 12.4 Å². The zero-order chi connectivity index (χ0) is 13.5. The minimum atomic E-state index is -0.434. The molecule has 1 atom stereocenters. The highest BCUT2D eigenvalue weighted by atomic mass is 35.5. The molecular weight excluding hydrogens is 279 g/mol. The molecule has 1 aromatic rings. The van der Waals surface area contributed by atoms with Crippen LogP contribution in [0.2, 0.25) is 0 Å². The Balaban J connectivity index is 0.00000147. The van der Waals surface area contributed by atoms with Gasteiger partial charge in [0.2, 0.25) is 5.91 Å². The number of halogens is 2. The molecular formula is C15H20ClFN2O. The van der Waals surface area contributed by atoms with E-state index in [9.17, 15) is 9.18 Å². The molecule has 0 aliphatic heterocycles. The second kappa shape index (κ2) is 5.70. The second-order valence-corrected chi connectivity index (χ2v) is 5.80. The average Bonchev–Trinajstić information content (AvgIpc) is 3.29. The van der Waals surface area contributed by atoms with Gasteiger partial charge in [0.25, 0.3) is 0 Å². The highest BCUT2D eigenvalue weighted by molar-refractivity contribution is 5.91. The van der Waals surface area contributed by atoms with Crippen LogP contribution in [-0.2, 0) is 10.2 Å². The molecule has 3 nitrogen and oxygen atoms in total. The summed E-state index contributed by atoms with van der Waals surface area (Å²) in [6.07, 6.45) is 4.03. The largest absolute Gasteiger partial charge is 0.354 e. The molecule has 0 radical (unpaired) electrons. The van der Waals surface area contributed by atoms with Crippen molar-refractivity contribution < 1.29 is 9.18 Å². The summed E-state index contributed by atoms with van der Waals surface area (Å²) in [4.78, 5) is 12.3. The molecule has 5 heteroatoms. The molecule has 1 aromatic carbocycles. The van der Waals surface area contributed by atoms with Crippen molar-refractivity contribution in [3.05, 3.63) is 35.6 Å². The van der Waals surface area contributed by atoms with Gasteiger partial charge in [0.05, 0.1) is 5.41 Å². The third kappa shape index (κ3) is 2.96. The Hall–Kier alpha value is -1.13. The fraction of sp³-hybridized carbons (Fsp3) is 0.533. The zero-order valence-electron chi connectivity index (χ0n) is 11.3. The van der Waals surface area contributed by atoms with Crippen molar-refractivity contribution in [3.8, 4) is 0 Å². The van der Waals surface area contributed by atoms with Crippen LogP contribution in [0.4, 0.5) is 4.39 Å². The smallest absolute Gasteiger partial charge is 0.230 e. The van der Waals surface area contributed by atoms with E-state index in [0.717, 1.165) is 18.4 Å². The van der Waals surface area contributed by atoms with Gasteiger partial charge in [-0.05, 0) is 49.3 Å². The van der Waals surface area contributed by atoms with E-state index in [4.69, 9.17) is 5.73 Å². The summed E-state index contributed by atoms with van der Waals surface area (Å²) in [6, 6.07) is 6.33. The van der Waals surface area contributed by atoms with Crippen LogP contribution in [0.3, 0.4) is 0 Å². The zero-order valence-corrected chi connectivity index (χ0v) is 12.1. The lowest BCUT2D eigenvalue weighted by Crippen LogP contribution is -2.43. The van der Waals surface area contributed by atoms with Crippen molar-refractivity contribution in [1.29, 1.82) is 0 Å². The third-order valence-corrected chi connectivity index (χ3v) is 4.31. The minimum absolute atomic E-state index is 0. The summed E-state index contributed by atoms with van der Waals surface area (Å²) in [6.45, 7) is 0.548. The molecule has 2 aliphatic carbocycles. The number of hydrogen-bond acceptors (Lipinski definition) is 2. The summed E-state index contributed by atoms with van der Waals surface area (Å²) < 4.78 is 12.9. The van der Waals surface area contributed by atoms with Crippen LogP contribution in [0.15, 0.2) is 24.3 Å². The second-order valence-electron chi connectivity index (χ2n) is 5.80. The Kier molecular flexibility index (Phi) is 4.35. The summed E-state index contributed by atoms with van der Waals surface area (Å²) in [5.74, 6) is 0.354. The van der Waals surface area contributed by atoms with Gasteiger partial charge in [-0.1, -0.05) is 12.1 Å². The molecule has 110 valence electrons. The number of carbonyl (C=O) groups excluding carboxylic acids is 1. The molecule has 0 aromatic heterocycles. The Morgan fingerprint density at radius 1 is 1.35 bits per heavy atom. The van der Waals surface area contributed by atoms with E-state index in [1.165, 1.54) is 25.0 Å². The first-order valence-corrected chi connectivity index (χ1v) is 6.92. The molecule has 20 heavy (non-hydrogen) atoms. The van der Waals surface area contributed by atoms with Gasteiger partial charge in [0.15, 0.2) is 0 Å². The number of amides is 1. The number of nitrogens with one attached hydrogen (secondary N) is 1. The monoisotopic (exact) mass is 298 g/mol. The maximum Gasteiger partial charge on any atom is 0.230 e. The standard InChI is InChI=1S/C15H19FN2O.ClH/c16-12-5-3-11(4-6-12)15(7-8-15)14(19)18-9-13(17)10-1-2-10;/h3-6,10,13H,1-2,7-9,17H2,(H,18,19);1H. The fourth-order valence-electron chi connectivity index (χ4n) is 2.61. The van der Waals surface area contributed by atoms with E-state index in [-0.39, 0.29) is 30.2 Å².